The van der Waals surface area contributed by atoms with Gasteiger partial charge in [-0.05, 0) is 12.1 Å². The predicted octanol–water partition coefficient (Wildman–Crippen LogP) is 2.05. The maximum Gasteiger partial charge on any atom is 0.261 e. The summed E-state index contributed by atoms with van der Waals surface area (Å²) in [6.07, 6.45) is 0. The second kappa shape index (κ2) is 7.33. The van der Waals surface area contributed by atoms with Crippen LogP contribution in [-0.4, -0.2) is 32.0 Å². The van der Waals surface area contributed by atoms with Crippen LogP contribution < -0.4 is 10.6 Å². The summed E-state index contributed by atoms with van der Waals surface area (Å²) in [4.78, 5) is 23.5. The molecule has 2 rings (SSSR count). The normalized spacial score (nSPS) is 10.7. The third kappa shape index (κ3) is 3.61. The van der Waals surface area contributed by atoms with E-state index < -0.39 is 0 Å². The number of halogens is 1. The topological polar surface area (TPSA) is 67.4 Å². The van der Waals surface area contributed by atoms with Crippen LogP contribution in [0.3, 0.4) is 0 Å². The van der Waals surface area contributed by atoms with E-state index in [1.54, 1.807) is 12.1 Å². The number of fused-ring (bicyclic) bond motifs is 1. The number of methoxy groups -OCH3 is 1. The Bertz CT molecular complexity index is 699. The van der Waals surface area contributed by atoms with Gasteiger partial charge in [0.05, 0.1) is 11.5 Å². The molecule has 0 aliphatic rings. The number of amides is 2. The van der Waals surface area contributed by atoms with E-state index in [-0.39, 0.29) is 24.2 Å². The highest BCUT2D eigenvalue weighted by Crippen LogP contribution is 2.33. The van der Waals surface area contributed by atoms with Gasteiger partial charge in [-0.15, -0.1) is 11.3 Å². The number of thiophene rings is 1. The second-order valence-corrected chi connectivity index (χ2v) is 5.75. The van der Waals surface area contributed by atoms with Crippen LogP contribution in [-0.2, 0) is 16.1 Å². The summed E-state index contributed by atoms with van der Waals surface area (Å²) in [5.74, 6) is -0.811. The highest BCUT2D eigenvalue weighted by Gasteiger charge is 2.20. The standard InChI is InChI=1S/C15H17FN2O3S/c1-9(19)17-6-7-18-15(20)14-10(8-21-2)13-11(16)4-3-5-12(13)22-14/h3-5H,6-8H2,1-2H3,(H,17,19)(H,18,20). The minimum atomic E-state index is -0.363. The third-order valence-corrected chi connectivity index (χ3v) is 4.24. The molecule has 0 spiro atoms. The third-order valence-electron chi connectivity index (χ3n) is 3.04. The lowest BCUT2D eigenvalue weighted by Gasteiger charge is -2.06. The summed E-state index contributed by atoms with van der Waals surface area (Å²) < 4.78 is 19.8. The van der Waals surface area contributed by atoms with Gasteiger partial charge in [0.2, 0.25) is 5.91 Å². The number of hydrogen-bond donors (Lipinski definition) is 2. The summed E-state index contributed by atoms with van der Waals surface area (Å²) in [5, 5.41) is 5.74. The fraction of sp³-hybridized carbons (Fsp3) is 0.333. The number of benzene rings is 1. The van der Waals surface area contributed by atoms with Crippen molar-refractivity contribution >= 4 is 33.2 Å². The van der Waals surface area contributed by atoms with Crippen molar-refractivity contribution in [2.75, 3.05) is 20.2 Å². The Morgan fingerprint density at radius 3 is 2.68 bits per heavy atom. The van der Waals surface area contributed by atoms with E-state index in [4.69, 9.17) is 4.74 Å². The zero-order chi connectivity index (χ0) is 16.1. The number of hydrogen-bond acceptors (Lipinski definition) is 4. The number of rotatable bonds is 6. The van der Waals surface area contributed by atoms with Gasteiger partial charge in [-0.1, -0.05) is 6.07 Å². The van der Waals surface area contributed by atoms with Gasteiger partial charge in [0.25, 0.3) is 5.91 Å². The minimum absolute atomic E-state index is 0.154. The van der Waals surface area contributed by atoms with Crippen molar-refractivity contribution in [3.8, 4) is 0 Å². The predicted molar refractivity (Wildman–Crippen MR) is 83.5 cm³/mol. The summed E-state index contributed by atoms with van der Waals surface area (Å²) in [5.41, 5.74) is 0.553. The average Bonchev–Trinajstić information content (AvgIpc) is 2.84. The van der Waals surface area contributed by atoms with Crippen molar-refractivity contribution in [1.29, 1.82) is 0 Å². The van der Waals surface area contributed by atoms with E-state index >= 15 is 0 Å². The molecule has 5 nitrogen and oxygen atoms in total. The average molecular weight is 324 g/mol. The lowest BCUT2D eigenvalue weighted by Crippen LogP contribution is -2.33. The van der Waals surface area contributed by atoms with E-state index in [9.17, 15) is 14.0 Å². The summed E-state index contributed by atoms with van der Waals surface area (Å²) in [6.45, 7) is 2.23. The van der Waals surface area contributed by atoms with Gasteiger partial charge in [0.15, 0.2) is 0 Å². The quantitative estimate of drug-likeness (QED) is 0.799. The SMILES string of the molecule is COCc1c(C(=O)NCCNC(C)=O)sc2cccc(F)c12. The number of nitrogens with one attached hydrogen (secondary N) is 2. The number of carbonyl (C=O) groups is 2. The Morgan fingerprint density at radius 2 is 2.00 bits per heavy atom. The molecule has 0 aliphatic carbocycles. The van der Waals surface area contributed by atoms with E-state index in [0.29, 0.717) is 33.6 Å². The van der Waals surface area contributed by atoms with Gasteiger partial charge in [-0.2, -0.15) is 0 Å². The van der Waals surface area contributed by atoms with E-state index in [0.717, 1.165) is 0 Å². The molecule has 0 bridgehead atoms. The first-order valence-electron chi connectivity index (χ1n) is 6.76. The first-order chi connectivity index (χ1) is 10.5. The van der Waals surface area contributed by atoms with Crippen molar-refractivity contribution in [3.63, 3.8) is 0 Å². The van der Waals surface area contributed by atoms with Crippen LogP contribution in [0.1, 0.15) is 22.2 Å². The van der Waals surface area contributed by atoms with E-state index in [1.165, 1.54) is 31.4 Å². The Kier molecular flexibility index (Phi) is 5.46. The molecule has 0 radical (unpaired) electrons. The molecule has 0 saturated carbocycles. The fourth-order valence-electron chi connectivity index (χ4n) is 2.13. The van der Waals surface area contributed by atoms with Crippen molar-refractivity contribution in [2.45, 2.75) is 13.5 Å². The van der Waals surface area contributed by atoms with Crippen molar-refractivity contribution < 1.29 is 18.7 Å². The van der Waals surface area contributed by atoms with E-state index in [1.807, 2.05) is 0 Å². The highest BCUT2D eigenvalue weighted by atomic mass is 32.1. The summed E-state index contributed by atoms with van der Waals surface area (Å²) in [7, 11) is 1.50. The molecule has 0 aliphatic heterocycles. The molecule has 1 aromatic heterocycles. The van der Waals surface area contributed by atoms with Gasteiger partial charge in [0.1, 0.15) is 5.82 Å². The molecule has 118 valence electrons. The molecule has 0 atom stereocenters. The molecule has 2 N–H and O–H groups in total. The first kappa shape index (κ1) is 16.4. The van der Waals surface area contributed by atoms with Crippen LogP contribution in [0.15, 0.2) is 18.2 Å². The van der Waals surface area contributed by atoms with Crippen LogP contribution >= 0.6 is 11.3 Å². The number of ether oxygens (including phenoxy) is 1. The second-order valence-electron chi connectivity index (χ2n) is 4.69. The van der Waals surface area contributed by atoms with Crippen molar-refractivity contribution in [2.24, 2.45) is 0 Å². The lowest BCUT2D eigenvalue weighted by atomic mass is 10.1. The van der Waals surface area contributed by atoms with Gasteiger partial charge in [-0.3, -0.25) is 9.59 Å². The fourth-order valence-corrected chi connectivity index (χ4v) is 3.27. The van der Waals surface area contributed by atoms with Crippen LogP contribution in [0.4, 0.5) is 4.39 Å². The molecule has 0 fully saturated rings. The molecular weight excluding hydrogens is 307 g/mol. The highest BCUT2D eigenvalue weighted by molar-refractivity contribution is 7.21. The zero-order valence-electron chi connectivity index (χ0n) is 12.4. The van der Waals surface area contributed by atoms with Crippen LogP contribution in [0.5, 0.6) is 0 Å². The van der Waals surface area contributed by atoms with Crippen LogP contribution in [0, 0.1) is 5.82 Å². The van der Waals surface area contributed by atoms with Gasteiger partial charge in [0, 0.05) is 42.8 Å². The summed E-state index contributed by atoms with van der Waals surface area (Å²) >= 11 is 1.23. The van der Waals surface area contributed by atoms with Gasteiger partial charge in [-0.25, -0.2) is 4.39 Å². The largest absolute Gasteiger partial charge is 0.380 e. The summed E-state index contributed by atoms with van der Waals surface area (Å²) in [6, 6.07) is 4.76. The molecule has 7 heteroatoms. The molecule has 2 amide bonds. The molecule has 22 heavy (non-hydrogen) atoms. The van der Waals surface area contributed by atoms with Crippen LogP contribution in [0.25, 0.3) is 10.1 Å². The zero-order valence-corrected chi connectivity index (χ0v) is 13.2. The smallest absolute Gasteiger partial charge is 0.261 e. The van der Waals surface area contributed by atoms with Crippen molar-refractivity contribution in [1.82, 2.24) is 10.6 Å². The minimum Gasteiger partial charge on any atom is -0.380 e. The molecule has 1 aromatic carbocycles. The van der Waals surface area contributed by atoms with Crippen molar-refractivity contribution in [3.05, 3.63) is 34.5 Å². The maximum absolute atomic E-state index is 14.0. The molecule has 0 saturated heterocycles. The Labute approximate surface area is 131 Å². The lowest BCUT2D eigenvalue weighted by molar-refractivity contribution is -0.118. The Balaban J connectivity index is 2.22. The first-order valence-corrected chi connectivity index (χ1v) is 7.57. The Hall–Kier alpha value is -1.99. The van der Waals surface area contributed by atoms with Gasteiger partial charge < -0.3 is 15.4 Å². The van der Waals surface area contributed by atoms with E-state index in [2.05, 4.69) is 10.6 Å². The number of carbonyl (C=O) groups excluding carboxylic acids is 2. The molecule has 2 aromatic rings. The monoisotopic (exact) mass is 324 g/mol. The molecular formula is C15H17FN2O3S. The molecule has 1 heterocycles. The van der Waals surface area contributed by atoms with Gasteiger partial charge >= 0.3 is 0 Å². The van der Waals surface area contributed by atoms with Crippen LogP contribution in [0.2, 0.25) is 0 Å². The maximum atomic E-state index is 14.0. The Morgan fingerprint density at radius 1 is 1.27 bits per heavy atom. The molecule has 0 unspecified atom stereocenters.